The Labute approximate surface area is 109 Å². The molecule has 1 aromatic carbocycles. The summed E-state index contributed by atoms with van der Waals surface area (Å²) in [5.41, 5.74) is 3.96. The highest BCUT2D eigenvalue weighted by Gasteiger charge is 2.16. The number of aromatic nitrogens is 1. The van der Waals surface area contributed by atoms with Gasteiger partial charge in [-0.25, -0.2) is 9.78 Å². The molecule has 5 heteroatoms. The van der Waals surface area contributed by atoms with E-state index in [1.54, 1.807) is 0 Å². The molecule has 0 spiro atoms. The smallest absolute Gasteiger partial charge is 0.357 e. The van der Waals surface area contributed by atoms with Gasteiger partial charge in [-0.15, -0.1) is 11.3 Å². The van der Waals surface area contributed by atoms with Crippen LogP contribution in [0.2, 0.25) is 0 Å². The van der Waals surface area contributed by atoms with E-state index in [0.717, 1.165) is 5.56 Å². The molecule has 0 aliphatic rings. The van der Waals surface area contributed by atoms with Crippen molar-refractivity contribution in [3.05, 3.63) is 46.6 Å². The number of carboxylic acid groups (broad SMARTS) is 1. The number of benzene rings is 1. The molecule has 4 nitrogen and oxygen atoms in total. The second kappa shape index (κ2) is 5.18. The van der Waals surface area contributed by atoms with Crippen molar-refractivity contribution >= 4 is 22.3 Å². The van der Waals surface area contributed by atoms with E-state index in [0.29, 0.717) is 5.00 Å². The topological polar surface area (TPSA) is 62.2 Å². The Bertz CT molecular complexity index is 566. The standard InChI is InChI=1S/C13H14N2O2S/c1-8-5-3-4-6-10(8)9(2)15-12-11(13(16)17)14-7-18-12/h3-7,9,15H,1-2H3,(H,16,17). The van der Waals surface area contributed by atoms with Crippen LogP contribution in [0, 0.1) is 6.92 Å². The Hall–Kier alpha value is -1.88. The normalized spacial score (nSPS) is 12.1. The minimum absolute atomic E-state index is 0.0461. The molecule has 0 aliphatic carbocycles. The maximum atomic E-state index is 11.0. The van der Waals surface area contributed by atoms with Crippen LogP contribution >= 0.6 is 11.3 Å². The number of aryl methyl sites for hydroxylation is 1. The van der Waals surface area contributed by atoms with Crippen molar-refractivity contribution in [2.45, 2.75) is 19.9 Å². The molecule has 1 atom stereocenters. The number of anilines is 1. The highest BCUT2D eigenvalue weighted by atomic mass is 32.1. The molecule has 94 valence electrons. The summed E-state index contributed by atoms with van der Waals surface area (Å²) in [5, 5.41) is 12.8. The Morgan fingerprint density at radius 3 is 2.83 bits per heavy atom. The largest absolute Gasteiger partial charge is 0.476 e. The second-order valence-corrected chi connectivity index (χ2v) is 4.91. The summed E-state index contributed by atoms with van der Waals surface area (Å²) >= 11 is 1.30. The van der Waals surface area contributed by atoms with Crippen LogP contribution in [0.15, 0.2) is 29.8 Å². The van der Waals surface area contributed by atoms with Gasteiger partial charge in [0.2, 0.25) is 0 Å². The van der Waals surface area contributed by atoms with E-state index in [4.69, 9.17) is 5.11 Å². The lowest BCUT2D eigenvalue weighted by Gasteiger charge is -2.16. The maximum Gasteiger partial charge on any atom is 0.357 e. The van der Waals surface area contributed by atoms with Gasteiger partial charge in [0.25, 0.3) is 0 Å². The Kier molecular flexibility index (Phi) is 3.62. The fourth-order valence-electron chi connectivity index (χ4n) is 1.85. The van der Waals surface area contributed by atoms with Gasteiger partial charge in [-0.3, -0.25) is 0 Å². The second-order valence-electron chi connectivity index (χ2n) is 4.06. The van der Waals surface area contributed by atoms with E-state index >= 15 is 0 Å². The number of hydrogen-bond donors (Lipinski definition) is 2. The SMILES string of the molecule is Cc1ccccc1C(C)Nc1scnc1C(=O)O. The molecule has 2 rings (SSSR count). The van der Waals surface area contributed by atoms with Gasteiger partial charge in [0, 0.05) is 6.04 Å². The molecule has 0 saturated carbocycles. The van der Waals surface area contributed by atoms with Crippen molar-refractivity contribution in [3.63, 3.8) is 0 Å². The molecule has 2 aromatic rings. The Morgan fingerprint density at radius 1 is 1.44 bits per heavy atom. The number of aromatic carboxylic acids is 1. The van der Waals surface area contributed by atoms with Crippen LogP contribution in [0.4, 0.5) is 5.00 Å². The predicted octanol–water partition coefficient (Wildman–Crippen LogP) is 3.32. The first kappa shape index (κ1) is 12.6. The van der Waals surface area contributed by atoms with Crippen molar-refractivity contribution < 1.29 is 9.90 Å². The summed E-state index contributed by atoms with van der Waals surface area (Å²) in [6, 6.07) is 8.09. The number of nitrogens with zero attached hydrogens (tertiary/aromatic N) is 1. The summed E-state index contributed by atoms with van der Waals surface area (Å²) in [7, 11) is 0. The quantitative estimate of drug-likeness (QED) is 0.887. The molecule has 2 N–H and O–H groups in total. The molecular formula is C13H14N2O2S. The monoisotopic (exact) mass is 262 g/mol. The van der Waals surface area contributed by atoms with Crippen molar-refractivity contribution in [1.29, 1.82) is 0 Å². The van der Waals surface area contributed by atoms with Crippen molar-refractivity contribution in [3.8, 4) is 0 Å². The summed E-state index contributed by atoms with van der Waals surface area (Å²) in [5.74, 6) is -1.00. The molecular weight excluding hydrogens is 248 g/mol. The summed E-state index contributed by atoms with van der Waals surface area (Å²) in [4.78, 5) is 14.8. The van der Waals surface area contributed by atoms with Crippen LogP contribution in [0.25, 0.3) is 0 Å². The first-order valence-corrected chi connectivity index (χ1v) is 6.46. The fraction of sp³-hybridized carbons (Fsp3) is 0.231. The number of nitrogens with one attached hydrogen (secondary N) is 1. The Morgan fingerprint density at radius 2 is 2.17 bits per heavy atom. The zero-order valence-electron chi connectivity index (χ0n) is 10.2. The van der Waals surface area contributed by atoms with Gasteiger partial charge in [-0.2, -0.15) is 0 Å². The van der Waals surface area contributed by atoms with E-state index in [2.05, 4.69) is 10.3 Å². The third-order valence-electron chi connectivity index (χ3n) is 2.77. The lowest BCUT2D eigenvalue weighted by atomic mass is 10.0. The molecule has 0 amide bonds. The van der Waals surface area contributed by atoms with Crippen LogP contribution in [0.3, 0.4) is 0 Å². The summed E-state index contributed by atoms with van der Waals surface area (Å²) < 4.78 is 0. The molecule has 0 bridgehead atoms. The van der Waals surface area contributed by atoms with Gasteiger partial charge >= 0.3 is 5.97 Å². The van der Waals surface area contributed by atoms with Crippen LogP contribution in [-0.2, 0) is 0 Å². The fourth-order valence-corrected chi connectivity index (χ4v) is 2.61. The minimum Gasteiger partial charge on any atom is -0.476 e. The number of thiazole rings is 1. The van der Waals surface area contributed by atoms with Crippen LogP contribution in [0.5, 0.6) is 0 Å². The first-order chi connectivity index (χ1) is 8.59. The Balaban J connectivity index is 2.22. The van der Waals surface area contributed by atoms with Gasteiger partial charge in [0.05, 0.1) is 5.51 Å². The van der Waals surface area contributed by atoms with Crippen molar-refractivity contribution in [2.75, 3.05) is 5.32 Å². The number of carbonyl (C=O) groups is 1. The molecule has 0 aliphatic heterocycles. The third-order valence-corrected chi connectivity index (χ3v) is 3.53. The highest BCUT2D eigenvalue weighted by Crippen LogP contribution is 2.27. The zero-order valence-corrected chi connectivity index (χ0v) is 11.0. The maximum absolute atomic E-state index is 11.0. The average Bonchev–Trinajstić information content (AvgIpc) is 2.77. The minimum atomic E-state index is -1.00. The van der Waals surface area contributed by atoms with Crippen molar-refractivity contribution in [1.82, 2.24) is 4.98 Å². The van der Waals surface area contributed by atoms with Crippen LogP contribution in [0.1, 0.15) is 34.6 Å². The molecule has 0 radical (unpaired) electrons. The molecule has 1 aromatic heterocycles. The number of rotatable bonds is 4. The average molecular weight is 262 g/mol. The highest BCUT2D eigenvalue weighted by molar-refractivity contribution is 7.14. The molecule has 0 fully saturated rings. The first-order valence-electron chi connectivity index (χ1n) is 5.58. The lowest BCUT2D eigenvalue weighted by Crippen LogP contribution is -2.10. The van der Waals surface area contributed by atoms with Crippen LogP contribution in [-0.4, -0.2) is 16.1 Å². The number of hydrogen-bond acceptors (Lipinski definition) is 4. The predicted molar refractivity (Wildman–Crippen MR) is 72.3 cm³/mol. The van der Waals surface area contributed by atoms with Crippen molar-refractivity contribution in [2.24, 2.45) is 0 Å². The molecule has 18 heavy (non-hydrogen) atoms. The van der Waals surface area contributed by atoms with Crippen LogP contribution < -0.4 is 5.32 Å². The van der Waals surface area contributed by atoms with E-state index < -0.39 is 5.97 Å². The van der Waals surface area contributed by atoms with Gasteiger partial charge in [-0.05, 0) is 25.0 Å². The molecule has 1 unspecified atom stereocenters. The van der Waals surface area contributed by atoms with E-state index in [1.165, 1.54) is 22.4 Å². The van der Waals surface area contributed by atoms with Gasteiger partial charge in [-0.1, -0.05) is 24.3 Å². The third kappa shape index (κ3) is 2.51. The van der Waals surface area contributed by atoms with Gasteiger partial charge in [0.1, 0.15) is 5.00 Å². The zero-order chi connectivity index (χ0) is 13.1. The number of carboxylic acids is 1. The van der Waals surface area contributed by atoms with E-state index in [9.17, 15) is 4.79 Å². The van der Waals surface area contributed by atoms with E-state index in [1.807, 2.05) is 38.1 Å². The van der Waals surface area contributed by atoms with E-state index in [-0.39, 0.29) is 11.7 Å². The molecule has 1 heterocycles. The summed E-state index contributed by atoms with van der Waals surface area (Å²) in [6.07, 6.45) is 0. The van der Waals surface area contributed by atoms with Gasteiger partial charge in [0.15, 0.2) is 5.69 Å². The molecule has 0 saturated heterocycles. The van der Waals surface area contributed by atoms with Gasteiger partial charge < -0.3 is 10.4 Å². The summed E-state index contributed by atoms with van der Waals surface area (Å²) in [6.45, 7) is 4.05. The lowest BCUT2D eigenvalue weighted by molar-refractivity contribution is 0.0692.